The number of carbonyl (C=O) groups is 2. The molecular formula is C13H18N2O4. The van der Waals surface area contributed by atoms with E-state index in [-0.39, 0.29) is 23.6 Å². The Hall–Kier alpha value is -1.82. The van der Waals surface area contributed by atoms with E-state index in [1.807, 2.05) is 6.92 Å². The molecular weight excluding hydrogens is 248 g/mol. The van der Waals surface area contributed by atoms with Crippen LogP contribution in [0, 0.1) is 5.92 Å². The average molecular weight is 266 g/mol. The van der Waals surface area contributed by atoms with E-state index in [4.69, 9.17) is 15.3 Å². The zero-order valence-electron chi connectivity index (χ0n) is 10.8. The molecule has 1 unspecified atom stereocenters. The Morgan fingerprint density at radius 1 is 1.42 bits per heavy atom. The Labute approximate surface area is 111 Å². The normalized spacial score (nSPS) is 19.2. The third-order valence-corrected chi connectivity index (χ3v) is 3.73. The topological polar surface area (TPSA) is 96.8 Å². The molecule has 0 aromatic carbocycles. The third-order valence-electron chi connectivity index (χ3n) is 3.73. The predicted octanol–water partition coefficient (Wildman–Crippen LogP) is 1.24. The minimum atomic E-state index is -1.06. The molecule has 1 aromatic rings. The molecule has 6 heteroatoms. The van der Waals surface area contributed by atoms with E-state index in [0.717, 1.165) is 25.9 Å². The quantitative estimate of drug-likeness (QED) is 0.854. The van der Waals surface area contributed by atoms with Crippen LogP contribution in [0.1, 0.15) is 42.1 Å². The average Bonchev–Trinajstić information content (AvgIpc) is 2.87. The van der Waals surface area contributed by atoms with Gasteiger partial charge < -0.3 is 15.3 Å². The molecule has 1 aromatic heterocycles. The fraction of sp³-hybridized carbons (Fsp3) is 0.538. The van der Waals surface area contributed by atoms with Crippen LogP contribution >= 0.6 is 0 Å². The highest BCUT2D eigenvalue weighted by molar-refractivity contribution is 5.84. The Morgan fingerprint density at radius 3 is 2.53 bits per heavy atom. The SMILES string of the molecule is CC(c1ccc(C(=O)O)o1)N1CCC(C(N)=O)CC1. The van der Waals surface area contributed by atoms with Gasteiger partial charge in [-0.25, -0.2) is 4.79 Å². The van der Waals surface area contributed by atoms with E-state index < -0.39 is 5.97 Å². The Balaban J connectivity index is 1.98. The molecule has 19 heavy (non-hydrogen) atoms. The van der Waals surface area contributed by atoms with Gasteiger partial charge in [-0.2, -0.15) is 0 Å². The first kappa shape index (κ1) is 13.6. The van der Waals surface area contributed by atoms with Crippen LogP contribution in [0.25, 0.3) is 0 Å². The van der Waals surface area contributed by atoms with Crippen LogP contribution < -0.4 is 5.73 Å². The lowest BCUT2D eigenvalue weighted by Gasteiger charge is -2.34. The molecule has 1 fully saturated rings. The first-order valence-corrected chi connectivity index (χ1v) is 6.35. The number of carboxylic acids is 1. The van der Waals surface area contributed by atoms with E-state index in [1.165, 1.54) is 6.07 Å². The van der Waals surface area contributed by atoms with Gasteiger partial charge in [0.25, 0.3) is 0 Å². The van der Waals surface area contributed by atoms with Crippen molar-refractivity contribution in [1.82, 2.24) is 4.90 Å². The van der Waals surface area contributed by atoms with Crippen molar-refractivity contribution in [3.05, 3.63) is 23.7 Å². The van der Waals surface area contributed by atoms with E-state index in [1.54, 1.807) is 6.07 Å². The molecule has 6 nitrogen and oxygen atoms in total. The molecule has 1 aliphatic rings. The van der Waals surface area contributed by atoms with Gasteiger partial charge in [0.05, 0.1) is 6.04 Å². The highest BCUT2D eigenvalue weighted by atomic mass is 16.4. The molecule has 0 bridgehead atoms. The number of amides is 1. The van der Waals surface area contributed by atoms with Crippen LogP contribution in [-0.4, -0.2) is 35.0 Å². The molecule has 2 heterocycles. The van der Waals surface area contributed by atoms with Gasteiger partial charge in [0.15, 0.2) is 0 Å². The maximum Gasteiger partial charge on any atom is 0.371 e. The monoisotopic (exact) mass is 266 g/mol. The Kier molecular flexibility index (Phi) is 3.90. The summed E-state index contributed by atoms with van der Waals surface area (Å²) in [4.78, 5) is 24.0. The summed E-state index contributed by atoms with van der Waals surface area (Å²) in [5.41, 5.74) is 5.30. The van der Waals surface area contributed by atoms with Crippen molar-refractivity contribution in [2.24, 2.45) is 11.7 Å². The zero-order valence-corrected chi connectivity index (χ0v) is 10.8. The summed E-state index contributed by atoms with van der Waals surface area (Å²) >= 11 is 0. The molecule has 0 radical (unpaired) electrons. The molecule has 1 saturated heterocycles. The molecule has 0 saturated carbocycles. The summed E-state index contributed by atoms with van der Waals surface area (Å²) in [5.74, 6) is -0.761. The number of primary amides is 1. The highest BCUT2D eigenvalue weighted by Gasteiger charge is 2.27. The predicted molar refractivity (Wildman–Crippen MR) is 67.6 cm³/mol. The lowest BCUT2D eigenvalue weighted by atomic mass is 9.95. The summed E-state index contributed by atoms with van der Waals surface area (Å²) in [7, 11) is 0. The Bertz CT molecular complexity index is 475. The first-order chi connectivity index (χ1) is 8.99. The van der Waals surface area contributed by atoms with Gasteiger partial charge in [-0.3, -0.25) is 9.69 Å². The number of nitrogens with zero attached hydrogens (tertiary/aromatic N) is 1. The summed E-state index contributed by atoms with van der Waals surface area (Å²) in [5, 5.41) is 8.83. The number of nitrogens with two attached hydrogens (primary N) is 1. The maximum atomic E-state index is 11.1. The molecule has 1 atom stereocenters. The number of carboxylic acid groups (broad SMARTS) is 1. The minimum absolute atomic E-state index is 0.00178. The molecule has 104 valence electrons. The van der Waals surface area contributed by atoms with Crippen molar-refractivity contribution in [3.63, 3.8) is 0 Å². The van der Waals surface area contributed by atoms with Crippen molar-refractivity contribution >= 4 is 11.9 Å². The number of carbonyl (C=O) groups excluding carboxylic acids is 1. The molecule has 0 aliphatic carbocycles. The second-order valence-corrected chi connectivity index (χ2v) is 4.90. The molecule has 1 aliphatic heterocycles. The van der Waals surface area contributed by atoms with Crippen molar-refractivity contribution in [2.45, 2.75) is 25.8 Å². The van der Waals surface area contributed by atoms with Gasteiger partial charge in [0.2, 0.25) is 11.7 Å². The summed E-state index contributed by atoms with van der Waals surface area (Å²) in [6.45, 7) is 3.49. The maximum absolute atomic E-state index is 11.1. The van der Waals surface area contributed by atoms with E-state index >= 15 is 0 Å². The molecule has 0 spiro atoms. The fourth-order valence-corrected chi connectivity index (χ4v) is 2.44. The summed E-state index contributed by atoms with van der Waals surface area (Å²) < 4.78 is 5.30. The van der Waals surface area contributed by atoms with Gasteiger partial charge in [0.1, 0.15) is 5.76 Å². The van der Waals surface area contributed by atoms with E-state index in [9.17, 15) is 9.59 Å². The largest absolute Gasteiger partial charge is 0.475 e. The molecule has 3 N–H and O–H groups in total. The number of likely N-dealkylation sites (tertiary alicyclic amines) is 1. The van der Waals surface area contributed by atoms with E-state index in [2.05, 4.69) is 4.90 Å². The number of hydrogen-bond acceptors (Lipinski definition) is 4. The number of aromatic carboxylic acids is 1. The molecule has 1 amide bonds. The number of piperidine rings is 1. The van der Waals surface area contributed by atoms with Crippen molar-refractivity contribution in [1.29, 1.82) is 0 Å². The van der Waals surface area contributed by atoms with Crippen LogP contribution in [0.15, 0.2) is 16.5 Å². The third kappa shape index (κ3) is 2.96. The van der Waals surface area contributed by atoms with Gasteiger partial charge in [0, 0.05) is 5.92 Å². The van der Waals surface area contributed by atoms with Crippen LogP contribution in [0.2, 0.25) is 0 Å². The fourth-order valence-electron chi connectivity index (χ4n) is 2.44. The lowest BCUT2D eigenvalue weighted by molar-refractivity contribution is -0.123. The van der Waals surface area contributed by atoms with Crippen molar-refractivity contribution < 1.29 is 19.1 Å². The van der Waals surface area contributed by atoms with Crippen LogP contribution in [0.4, 0.5) is 0 Å². The lowest BCUT2D eigenvalue weighted by Crippen LogP contribution is -2.39. The second-order valence-electron chi connectivity index (χ2n) is 4.90. The standard InChI is InChI=1S/C13H18N2O4/c1-8(10-2-3-11(19-10)13(17)18)15-6-4-9(5-7-15)12(14)16/h2-3,8-9H,4-7H2,1H3,(H2,14,16)(H,17,18). The number of rotatable bonds is 4. The van der Waals surface area contributed by atoms with E-state index in [0.29, 0.717) is 5.76 Å². The van der Waals surface area contributed by atoms with Gasteiger partial charge in [-0.1, -0.05) is 0 Å². The minimum Gasteiger partial charge on any atom is -0.475 e. The van der Waals surface area contributed by atoms with Gasteiger partial charge in [-0.05, 0) is 45.0 Å². The summed E-state index contributed by atoms with van der Waals surface area (Å²) in [6.07, 6.45) is 1.48. The van der Waals surface area contributed by atoms with Crippen LogP contribution in [-0.2, 0) is 4.79 Å². The van der Waals surface area contributed by atoms with Crippen molar-refractivity contribution in [3.8, 4) is 0 Å². The molecule has 2 rings (SSSR count). The first-order valence-electron chi connectivity index (χ1n) is 6.35. The number of furan rings is 1. The van der Waals surface area contributed by atoms with Crippen LogP contribution in [0.5, 0.6) is 0 Å². The zero-order chi connectivity index (χ0) is 14.0. The van der Waals surface area contributed by atoms with Gasteiger partial charge in [-0.15, -0.1) is 0 Å². The smallest absolute Gasteiger partial charge is 0.371 e. The van der Waals surface area contributed by atoms with Crippen molar-refractivity contribution in [2.75, 3.05) is 13.1 Å². The number of hydrogen-bond donors (Lipinski definition) is 2. The highest BCUT2D eigenvalue weighted by Crippen LogP contribution is 2.27. The van der Waals surface area contributed by atoms with Gasteiger partial charge >= 0.3 is 5.97 Å². The summed E-state index contributed by atoms with van der Waals surface area (Å²) in [6, 6.07) is 3.15. The second kappa shape index (κ2) is 5.44. The Morgan fingerprint density at radius 2 is 2.05 bits per heavy atom. The van der Waals surface area contributed by atoms with Crippen LogP contribution in [0.3, 0.4) is 0 Å².